The number of hydrogen-bond donors (Lipinski definition) is 1. The first-order valence-corrected chi connectivity index (χ1v) is 4.75. The van der Waals surface area contributed by atoms with Crippen LogP contribution in [-0.4, -0.2) is 45.3 Å². The van der Waals surface area contributed by atoms with E-state index in [0.717, 1.165) is 12.1 Å². The fraction of sp³-hybridized carbons (Fsp3) is 0.778. The molecular formula is C9H16N2O4. The first-order valence-electron chi connectivity index (χ1n) is 4.75. The van der Waals surface area contributed by atoms with Gasteiger partial charge in [0.2, 0.25) is 6.79 Å². The van der Waals surface area contributed by atoms with Gasteiger partial charge < -0.3 is 14.3 Å². The quantitative estimate of drug-likeness (QED) is 0.307. The number of methoxy groups -OCH3 is 2. The molecule has 1 saturated heterocycles. The molecule has 0 bridgehead atoms. The molecule has 0 radical (unpaired) electrons. The molecule has 1 aliphatic rings. The summed E-state index contributed by atoms with van der Waals surface area (Å²) in [5.74, 6) is -0.230. The number of nitrogens with zero attached hydrogens (tertiary/aromatic N) is 1. The molecule has 1 heterocycles. The highest BCUT2D eigenvalue weighted by Gasteiger charge is 2.23. The van der Waals surface area contributed by atoms with Crippen molar-refractivity contribution >= 4 is 11.7 Å². The largest absolute Gasteiger partial charge is 0.468 e. The maximum absolute atomic E-state index is 11.2. The Morgan fingerprint density at radius 1 is 1.60 bits per heavy atom. The van der Waals surface area contributed by atoms with E-state index in [9.17, 15) is 4.79 Å². The summed E-state index contributed by atoms with van der Waals surface area (Å²) in [6, 6.07) is -0.226. The van der Waals surface area contributed by atoms with E-state index >= 15 is 0 Å². The van der Waals surface area contributed by atoms with E-state index in [1.54, 1.807) is 0 Å². The first-order chi connectivity index (χ1) is 7.27. The number of nitrogens with one attached hydrogen (secondary N) is 1. The topological polar surface area (TPSA) is 69.2 Å². The SMILES string of the molecule is COCON=C1CC[C@@H](C(=O)OC)NC1. The highest BCUT2D eigenvalue weighted by atomic mass is 16.7. The Morgan fingerprint density at radius 3 is 2.93 bits per heavy atom. The predicted octanol–water partition coefficient (Wildman–Crippen LogP) is -0.112. The normalized spacial score (nSPS) is 23.9. The minimum Gasteiger partial charge on any atom is -0.468 e. The fourth-order valence-corrected chi connectivity index (χ4v) is 1.33. The standard InChI is InChI=1S/C9H16N2O4/c1-13-6-15-11-7-3-4-8(10-5-7)9(12)14-2/h8,10H,3-6H2,1-2H3/t8-/m0/s1. The average Bonchev–Trinajstić information content (AvgIpc) is 2.29. The van der Waals surface area contributed by atoms with Crippen molar-refractivity contribution in [1.29, 1.82) is 0 Å². The number of ether oxygens (including phenoxy) is 2. The van der Waals surface area contributed by atoms with Crippen LogP contribution >= 0.6 is 0 Å². The molecular weight excluding hydrogens is 200 g/mol. The van der Waals surface area contributed by atoms with Crippen LogP contribution in [0.4, 0.5) is 0 Å². The zero-order valence-corrected chi connectivity index (χ0v) is 8.99. The Kier molecular flexibility index (Phi) is 5.06. The molecule has 1 N–H and O–H groups in total. The van der Waals surface area contributed by atoms with E-state index in [2.05, 4.69) is 19.9 Å². The monoisotopic (exact) mass is 216 g/mol. The number of carbonyl (C=O) groups excluding carboxylic acids is 1. The molecule has 1 aliphatic heterocycles. The third kappa shape index (κ3) is 3.85. The smallest absolute Gasteiger partial charge is 0.322 e. The molecule has 0 aromatic heterocycles. The maximum Gasteiger partial charge on any atom is 0.322 e. The molecule has 6 nitrogen and oxygen atoms in total. The summed E-state index contributed by atoms with van der Waals surface area (Å²) in [6.07, 6.45) is 1.42. The Bertz CT molecular complexity index is 232. The van der Waals surface area contributed by atoms with Crippen LogP contribution < -0.4 is 5.32 Å². The van der Waals surface area contributed by atoms with E-state index in [0.29, 0.717) is 13.0 Å². The summed E-state index contributed by atoms with van der Waals surface area (Å²) < 4.78 is 9.32. The van der Waals surface area contributed by atoms with Gasteiger partial charge in [-0.3, -0.25) is 10.1 Å². The summed E-state index contributed by atoms with van der Waals surface area (Å²) in [7, 11) is 2.92. The van der Waals surface area contributed by atoms with Crippen LogP contribution in [0.1, 0.15) is 12.8 Å². The zero-order valence-electron chi connectivity index (χ0n) is 8.99. The number of carbonyl (C=O) groups is 1. The number of esters is 1. The van der Waals surface area contributed by atoms with Gasteiger partial charge in [0.1, 0.15) is 6.04 Å². The third-order valence-electron chi connectivity index (χ3n) is 2.12. The molecule has 0 saturated carbocycles. The molecule has 0 aliphatic carbocycles. The number of piperidine rings is 1. The molecule has 0 unspecified atom stereocenters. The summed E-state index contributed by atoms with van der Waals surface area (Å²) in [6.45, 7) is 0.688. The second kappa shape index (κ2) is 6.36. The van der Waals surface area contributed by atoms with Gasteiger partial charge in [-0.2, -0.15) is 0 Å². The molecule has 15 heavy (non-hydrogen) atoms. The van der Waals surface area contributed by atoms with Gasteiger partial charge in [0.15, 0.2) is 0 Å². The van der Waals surface area contributed by atoms with Gasteiger partial charge in [0.25, 0.3) is 0 Å². The highest BCUT2D eigenvalue weighted by Crippen LogP contribution is 2.07. The van der Waals surface area contributed by atoms with Gasteiger partial charge in [0.05, 0.1) is 12.8 Å². The molecule has 1 fully saturated rings. The highest BCUT2D eigenvalue weighted by molar-refractivity contribution is 5.89. The van der Waals surface area contributed by atoms with Crippen molar-refractivity contribution in [2.24, 2.45) is 5.16 Å². The van der Waals surface area contributed by atoms with Crippen LogP contribution in [0.2, 0.25) is 0 Å². The van der Waals surface area contributed by atoms with Crippen molar-refractivity contribution in [3.05, 3.63) is 0 Å². The second-order valence-electron chi connectivity index (χ2n) is 3.19. The van der Waals surface area contributed by atoms with Crippen molar-refractivity contribution in [1.82, 2.24) is 5.32 Å². The summed E-state index contributed by atoms with van der Waals surface area (Å²) >= 11 is 0. The lowest BCUT2D eigenvalue weighted by atomic mass is 10.0. The van der Waals surface area contributed by atoms with E-state index in [4.69, 9.17) is 4.84 Å². The lowest BCUT2D eigenvalue weighted by Gasteiger charge is -2.21. The van der Waals surface area contributed by atoms with Crippen molar-refractivity contribution in [2.75, 3.05) is 27.6 Å². The van der Waals surface area contributed by atoms with Gasteiger partial charge in [0, 0.05) is 13.7 Å². The van der Waals surface area contributed by atoms with E-state index in [1.807, 2.05) is 0 Å². The Labute approximate surface area is 88.6 Å². The fourth-order valence-electron chi connectivity index (χ4n) is 1.33. The molecule has 1 atom stereocenters. The Balaban J connectivity index is 2.29. The van der Waals surface area contributed by atoms with Crippen LogP contribution in [0.3, 0.4) is 0 Å². The average molecular weight is 216 g/mol. The van der Waals surface area contributed by atoms with Gasteiger partial charge in [-0.05, 0) is 12.8 Å². The van der Waals surface area contributed by atoms with E-state index in [-0.39, 0.29) is 18.8 Å². The lowest BCUT2D eigenvalue weighted by Crippen LogP contribution is -2.44. The summed E-state index contributed by atoms with van der Waals surface area (Å²) in [5.41, 5.74) is 0.882. The summed E-state index contributed by atoms with van der Waals surface area (Å²) in [4.78, 5) is 16.0. The summed E-state index contributed by atoms with van der Waals surface area (Å²) in [5, 5.41) is 6.89. The number of rotatable bonds is 4. The van der Waals surface area contributed by atoms with Crippen LogP contribution in [0, 0.1) is 0 Å². The zero-order chi connectivity index (χ0) is 11.1. The molecule has 1 rings (SSSR count). The van der Waals surface area contributed by atoms with Crippen molar-refractivity contribution in [3.63, 3.8) is 0 Å². The van der Waals surface area contributed by atoms with Crippen LogP contribution in [0.25, 0.3) is 0 Å². The van der Waals surface area contributed by atoms with Gasteiger partial charge in [-0.25, -0.2) is 0 Å². The van der Waals surface area contributed by atoms with Gasteiger partial charge in [-0.15, -0.1) is 0 Å². The van der Waals surface area contributed by atoms with Crippen molar-refractivity contribution in [3.8, 4) is 0 Å². The minimum atomic E-state index is -0.230. The Morgan fingerprint density at radius 2 is 2.40 bits per heavy atom. The molecule has 0 spiro atoms. The van der Waals surface area contributed by atoms with Gasteiger partial charge >= 0.3 is 5.97 Å². The molecule has 0 amide bonds. The number of oxime groups is 1. The molecule has 86 valence electrons. The molecule has 0 aromatic carbocycles. The Hall–Kier alpha value is -1.14. The van der Waals surface area contributed by atoms with E-state index < -0.39 is 0 Å². The van der Waals surface area contributed by atoms with E-state index in [1.165, 1.54) is 14.2 Å². The van der Waals surface area contributed by atoms with Crippen LogP contribution in [-0.2, 0) is 19.1 Å². The van der Waals surface area contributed by atoms with Crippen molar-refractivity contribution in [2.45, 2.75) is 18.9 Å². The minimum absolute atomic E-state index is 0.143. The van der Waals surface area contributed by atoms with Crippen LogP contribution in [0.15, 0.2) is 5.16 Å². The predicted molar refractivity (Wildman–Crippen MR) is 53.4 cm³/mol. The van der Waals surface area contributed by atoms with Crippen LogP contribution in [0.5, 0.6) is 0 Å². The van der Waals surface area contributed by atoms with Crippen molar-refractivity contribution < 1.29 is 19.1 Å². The van der Waals surface area contributed by atoms with Gasteiger partial charge in [-0.1, -0.05) is 5.16 Å². The first kappa shape index (κ1) is 11.9. The molecule has 0 aromatic rings. The maximum atomic E-state index is 11.2. The number of hydrogen-bond acceptors (Lipinski definition) is 6. The second-order valence-corrected chi connectivity index (χ2v) is 3.19. The lowest BCUT2D eigenvalue weighted by molar-refractivity contribution is -0.143. The molecule has 6 heteroatoms. The third-order valence-corrected chi connectivity index (χ3v) is 2.12.